The summed E-state index contributed by atoms with van der Waals surface area (Å²) in [5.74, 6) is -0.183. The summed E-state index contributed by atoms with van der Waals surface area (Å²) in [5, 5.41) is 15.8. The van der Waals surface area contributed by atoms with E-state index in [9.17, 15) is 4.79 Å². The van der Waals surface area contributed by atoms with Crippen LogP contribution in [0.5, 0.6) is 0 Å². The molecule has 1 fully saturated rings. The Morgan fingerprint density at radius 3 is 2.83 bits per heavy atom. The van der Waals surface area contributed by atoms with Gasteiger partial charge < -0.3 is 15.7 Å². The van der Waals surface area contributed by atoms with Crippen molar-refractivity contribution in [2.24, 2.45) is 5.92 Å². The Bertz CT molecular complexity index is 426. The highest BCUT2D eigenvalue weighted by Gasteiger charge is 2.14. The number of carboxylic acid groups (broad SMARTS) is 1. The second kappa shape index (κ2) is 5.87. The largest absolute Gasteiger partial charge is 0.478 e. The van der Waals surface area contributed by atoms with Crippen LogP contribution in [0, 0.1) is 12.8 Å². The second-order valence-corrected chi connectivity index (χ2v) is 4.86. The van der Waals surface area contributed by atoms with Crippen LogP contribution < -0.4 is 10.6 Å². The summed E-state index contributed by atoms with van der Waals surface area (Å²) >= 11 is 0. The first kappa shape index (κ1) is 12.9. The lowest BCUT2D eigenvalue weighted by molar-refractivity contribution is 0.0696. The zero-order valence-corrected chi connectivity index (χ0v) is 10.7. The lowest BCUT2D eigenvalue weighted by Gasteiger charge is -2.23. The van der Waals surface area contributed by atoms with Gasteiger partial charge in [-0.2, -0.15) is 0 Å². The normalized spacial score (nSPS) is 16.5. The molecule has 1 heterocycles. The minimum atomic E-state index is -0.863. The molecule has 0 amide bonds. The fourth-order valence-electron chi connectivity index (χ4n) is 2.40. The van der Waals surface area contributed by atoms with Crippen molar-refractivity contribution in [3.05, 3.63) is 29.3 Å². The molecule has 0 atom stereocenters. The molecule has 4 nitrogen and oxygen atoms in total. The van der Waals surface area contributed by atoms with E-state index in [0.29, 0.717) is 11.5 Å². The molecule has 0 aromatic heterocycles. The standard InChI is InChI=1S/C14H20N2O2/c1-10-12(14(17)18)3-2-4-13(10)16-9-11-5-7-15-8-6-11/h2-4,11,15-16H,5-9H2,1H3,(H,17,18). The highest BCUT2D eigenvalue weighted by molar-refractivity contribution is 5.91. The molecule has 0 aliphatic carbocycles. The van der Waals surface area contributed by atoms with Crippen LogP contribution >= 0.6 is 0 Å². The van der Waals surface area contributed by atoms with Crippen LogP contribution in [0.1, 0.15) is 28.8 Å². The Kier molecular flexibility index (Phi) is 4.20. The number of carboxylic acids is 1. The quantitative estimate of drug-likeness (QED) is 0.763. The number of piperidine rings is 1. The first-order valence-corrected chi connectivity index (χ1v) is 6.46. The zero-order chi connectivity index (χ0) is 13.0. The highest BCUT2D eigenvalue weighted by atomic mass is 16.4. The third-order valence-corrected chi connectivity index (χ3v) is 3.60. The van der Waals surface area contributed by atoms with Gasteiger partial charge in [0, 0.05) is 12.2 Å². The van der Waals surface area contributed by atoms with Crippen LogP contribution in [0.15, 0.2) is 18.2 Å². The fourth-order valence-corrected chi connectivity index (χ4v) is 2.40. The van der Waals surface area contributed by atoms with Crippen LogP contribution in [0.25, 0.3) is 0 Å². The predicted molar refractivity (Wildman–Crippen MR) is 72.2 cm³/mol. The number of hydrogen-bond donors (Lipinski definition) is 3. The van der Waals surface area contributed by atoms with E-state index >= 15 is 0 Å². The Morgan fingerprint density at radius 1 is 1.44 bits per heavy atom. The number of hydrogen-bond acceptors (Lipinski definition) is 3. The smallest absolute Gasteiger partial charge is 0.336 e. The van der Waals surface area contributed by atoms with Gasteiger partial charge >= 0.3 is 5.97 Å². The topological polar surface area (TPSA) is 61.4 Å². The number of aromatic carboxylic acids is 1. The van der Waals surface area contributed by atoms with E-state index in [4.69, 9.17) is 5.11 Å². The number of carbonyl (C=O) groups is 1. The Labute approximate surface area is 107 Å². The molecule has 1 aromatic carbocycles. The number of benzene rings is 1. The van der Waals surface area contributed by atoms with Crippen molar-refractivity contribution in [2.75, 3.05) is 25.0 Å². The summed E-state index contributed by atoms with van der Waals surface area (Å²) in [6.45, 7) is 4.95. The molecule has 0 radical (unpaired) electrons. The summed E-state index contributed by atoms with van der Waals surface area (Å²) in [7, 11) is 0. The molecule has 1 saturated heterocycles. The molecule has 18 heavy (non-hydrogen) atoms. The minimum Gasteiger partial charge on any atom is -0.478 e. The van der Waals surface area contributed by atoms with Gasteiger partial charge in [0.1, 0.15) is 0 Å². The zero-order valence-electron chi connectivity index (χ0n) is 10.7. The van der Waals surface area contributed by atoms with Gasteiger partial charge in [-0.15, -0.1) is 0 Å². The first-order valence-electron chi connectivity index (χ1n) is 6.46. The van der Waals surface area contributed by atoms with Gasteiger partial charge in [0.05, 0.1) is 5.56 Å². The van der Waals surface area contributed by atoms with E-state index in [-0.39, 0.29) is 0 Å². The molecule has 1 aliphatic rings. The monoisotopic (exact) mass is 248 g/mol. The summed E-state index contributed by atoms with van der Waals surface area (Å²) in [5.41, 5.74) is 2.14. The predicted octanol–water partition coefficient (Wildman–Crippen LogP) is 2.10. The van der Waals surface area contributed by atoms with Crippen LogP contribution in [-0.4, -0.2) is 30.7 Å². The van der Waals surface area contributed by atoms with Crippen molar-refractivity contribution in [1.29, 1.82) is 0 Å². The van der Waals surface area contributed by atoms with E-state index in [2.05, 4.69) is 10.6 Å². The van der Waals surface area contributed by atoms with Crippen LogP contribution in [0.4, 0.5) is 5.69 Å². The molecule has 0 saturated carbocycles. The summed E-state index contributed by atoms with van der Waals surface area (Å²) in [4.78, 5) is 11.0. The van der Waals surface area contributed by atoms with Crippen molar-refractivity contribution in [3.8, 4) is 0 Å². The third-order valence-electron chi connectivity index (χ3n) is 3.60. The van der Waals surface area contributed by atoms with E-state index in [1.165, 1.54) is 12.8 Å². The average Bonchev–Trinajstić information content (AvgIpc) is 2.38. The lowest BCUT2D eigenvalue weighted by atomic mass is 9.98. The van der Waals surface area contributed by atoms with Crippen molar-refractivity contribution < 1.29 is 9.90 Å². The maximum Gasteiger partial charge on any atom is 0.336 e. The minimum absolute atomic E-state index is 0.380. The molecule has 3 N–H and O–H groups in total. The molecule has 2 rings (SSSR count). The number of nitrogens with one attached hydrogen (secondary N) is 2. The van der Waals surface area contributed by atoms with Crippen molar-refractivity contribution in [2.45, 2.75) is 19.8 Å². The van der Waals surface area contributed by atoms with Crippen LogP contribution in [0.2, 0.25) is 0 Å². The number of rotatable bonds is 4. The Morgan fingerprint density at radius 2 is 2.17 bits per heavy atom. The molecule has 1 aromatic rings. The fraction of sp³-hybridized carbons (Fsp3) is 0.500. The summed E-state index contributed by atoms with van der Waals surface area (Å²) in [6.07, 6.45) is 2.37. The molecule has 0 bridgehead atoms. The molecule has 98 valence electrons. The average molecular weight is 248 g/mol. The highest BCUT2D eigenvalue weighted by Crippen LogP contribution is 2.20. The molecule has 4 heteroatoms. The summed E-state index contributed by atoms with van der Waals surface area (Å²) in [6, 6.07) is 5.39. The Hall–Kier alpha value is -1.55. The molecular weight excluding hydrogens is 228 g/mol. The lowest BCUT2D eigenvalue weighted by Crippen LogP contribution is -2.31. The van der Waals surface area contributed by atoms with E-state index in [1.54, 1.807) is 12.1 Å². The van der Waals surface area contributed by atoms with Gasteiger partial charge in [0.2, 0.25) is 0 Å². The number of anilines is 1. The van der Waals surface area contributed by atoms with Gasteiger partial charge in [-0.3, -0.25) is 0 Å². The van der Waals surface area contributed by atoms with Crippen molar-refractivity contribution in [3.63, 3.8) is 0 Å². The SMILES string of the molecule is Cc1c(NCC2CCNCC2)cccc1C(=O)O. The molecule has 1 aliphatic heterocycles. The first-order chi connectivity index (χ1) is 8.68. The van der Waals surface area contributed by atoms with Gasteiger partial charge in [-0.1, -0.05) is 6.07 Å². The van der Waals surface area contributed by atoms with E-state index < -0.39 is 5.97 Å². The van der Waals surface area contributed by atoms with E-state index in [1.807, 2.05) is 13.0 Å². The third kappa shape index (κ3) is 3.01. The maximum atomic E-state index is 11.0. The van der Waals surface area contributed by atoms with Gasteiger partial charge in [0.15, 0.2) is 0 Å². The molecule has 0 unspecified atom stereocenters. The van der Waals surface area contributed by atoms with Crippen molar-refractivity contribution >= 4 is 11.7 Å². The van der Waals surface area contributed by atoms with Crippen LogP contribution in [-0.2, 0) is 0 Å². The van der Waals surface area contributed by atoms with Crippen molar-refractivity contribution in [1.82, 2.24) is 5.32 Å². The Balaban J connectivity index is 2.00. The maximum absolute atomic E-state index is 11.0. The van der Waals surface area contributed by atoms with Gasteiger partial charge in [0.25, 0.3) is 0 Å². The summed E-state index contributed by atoms with van der Waals surface area (Å²) < 4.78 is 0. The van der Waals surface area contributed by atoms with Gasteiger partial charge in [-0.25, -0.2) is 4.79 Å². The van der Waals surface area contributed by atoms with E-state index in [0.717, 1.165) is 30.9 Å². The van der Waals surface area contributed by atoms with Crippen LogP contribution in [0.3, 0.4) is 0 Å². The second-order valence-electron chi connectivity index (χ2n) is 4.86. The molecule has 0 spiro atoms. The molecular formula is C14H20N2O2. The van der Waals surface area contributed by atoms with Gasteiger partial charge in [-0.05, 0) is 56.5 Å².